The number of ether oxygens (including phenoxy) is 1. The highest BCUT2D eigenvalue weighted by Crippen LogP contribution is 2.19. The minimum Gasteiger partial charge on any atom is -0.497 e. The normalized spacial score (nSPS) is 10.4. The fourth-order valence-electron chi connectivity index (χ4n) is 1.58. The number of methoxy groups -OCH3 is 1. The van der Waals surface area contributed by atoms with E-state index in [-0.39, 0.29) is 5.78 Å². The summed E-state index contributed by atoms with van der Waals surface area (Å²) >= 11 is 0. The van der Waals surface area contributed by atoms with Crippen LogP contribution >= 0.6 is 0 Å². The van der Waals surface area contributed by atoms with E-state index in [0.717, 1.165) is 5.52 Å². The third-order valence-electron chi connectivity index (χ3n) is 2.38. The quantitative estimate of drug-likeness (QED) is 0.722. The lowest BCUT2D eigenvalue weighted by Crippen LogP contribution is -2.03. The van der Waals surface area contributed by atoms with Crippen LogP contribution in [0.1, 0.15) is 23.1 Å². The molecule has 82 valence electrons. The SMILES string of the molecule is COc1ccc2nc(C)c(C(C)=O)nc2c1. The van der Waals surface area contributed by atoms with E-state index in [1.165, 1.54) is 6.92 Å². The van der Waals surface area contributed by atoms with E-state index in [1.54, 1.807) is 20.1 Å². The molecule has 4 heteroatoms. The highest BCUT2D eigenvalue weighted by Gasteiger charge is 2.09. The van der Waals surface area contributed by atoms with Gasteiger partial charge in [0.05, 0.1) is 23.8 Å². The summed E-state index contributed by atoms with van der Waals surface area (Å²) < 4.78 is 5.10. The predicted octanol–water partition coefficient (Wildman–Crippen LogP) is 2.15. The Hall–Kier alpha value is -1.97. The van der Waals surface area contributed by atoms with Gasteiger partial charge >= 0.3 is 0 Å². The zero-order valence-electron chi connectivity index (χ0n) is 9.44. The minimum atomic E-state index is -0.0743. The molecule has 1 heterocycles. The average Bonchev–Trinajstić information content (AvgIpc) is 2.27. The minimum absolute atomic E-state index is 0.0743. The van der Waals surface area contributed by atoms with Crippen molar-refractivity contribution in [3.63, 3.8) is 0 Å². The summed E-state index contributed by atoms with van der Waals surface area (Å²) in [6.45, 7) is 3.27. The number of carbonyl (C=O) groups is 1. The molecule has 0 fully saturated rings. The van der Waals surface area contributed by atoms with Gasteiger partial charge in [-0.05, 0) is 19.1 Å². The molecule has 0 saturated carbocycles. The molecule has 0 unspecified atom stereocenters. The van der Waals surface area contributed by atoms with Crippen molar-refractivity contribution < 1.29 is 9.53 Å². The maximum absolute atomic E-state index is 11.3. The van der Waals surface area contributed by atoms with E-state index < -0.39 is 0 Å². The molecule has 4 nitrogen and oxygen atoms in total. The summed E-state index contributed by atoms with van der Waals surface area (Å²) in [7, 11) is 1.59. The summed E-state index contributed by atoms with van der Waals surface area (Å²) in [5, 5.41) is 0. The first-order valence-electron chi connectivity index (χ1n) is 4.95. The maximum atomic E-state index is 11.3. The van der Waals surface area contributed by atoms with E-state index >= 15 is 0 Å². The standard InChI is InChI=1S/C12H12N2O2/c1-7-12(8(2)15)14-11-6-9(16-3)4-5-10(11)13-7/h4-6H,1-3H3. The van der Waals surface area contributed by atoms with Gasteiger partial charge in [-0.2, -0.15) is 0 Å². The topological polar surface area (TPSA) is 52.1 Å². The van der Waals surface area contributed by atoms with Crippen LogP contribution in [0.15, 0.2) is 18.2 Å². The van der Waals surface area contributed by atoms with Crippen molar-refractivity contribution in [2.24, 2.45) is 0 Å². The number of aryl methyl sites for hydroxylation is 1. The van der Waals surface area contributed by atoms with Crippen molar-refractivity contribution in [2.75, 3.05) is 7.11 Å². The number of nitrogens with zero attached hydrogens (tertiary/aromatic N) is 2. The molecule has 0 amide bonds. The molecule has 0 aliphatic heterocycles. The molecule has 0 aliphatic rings. The van der Waals surface area contributed by atoms with Gasteiger partial charge in [0, 0.05) is 13.0 Å². The number of ketones is 1. The number of fused-ring (bicyclic) bond motifs is 1. The van der Waals surface area contributed by atoms with Gasteiger partial charge in [-0.25, -0.2) is 9.97 Å². The molecule has 1 aromatic carbocycles. The highest BCUT2D eigenvalue weighted by atomic mass is 16.5. The van der Waals surface area contributed by atoms with Crippen LogP contribution in [-0.4, -0.2) is 22.9 Å². The summed E-state index contributed by atoms with van der Waals surface area (Å²) in [4.78, 5) is 20.0. The number of carbonyl (C=O) groups excluding carboxylic acids is 1. The predicted molar refractivity (Wildman–Crippen MR) is 60.8 cm³/mol. The Morgan fingerprint density at radius 1 is 1.25 bits per heavy atom. The molecule has 0 atom stereocenters. The Morgan fingerprint density at radius 2 is 2.00 bits per heavy atom. The number of hydrogen-bond donors (Lipinski definition) is 0. The fourth-order valence-corrected chi connectivity index (χ4v) is 1.58. The van der Waals surface area contributed by atoms with Gasteiger partial charge in [-0.1, -0.05) is 0 Å². The first-order chi connectivity index (χ1) is 7.61. The van der Waals surface area contributed by atoms with Crippen molar-refractivity contribution in [1.29, 1.82) is 0 Å². The second kappa shape index (κ2) is 3.89. The van der Waals surface area contributed by atoms with Gasteiger partial charge in [0.15, 0.2) is 5.78 Å². The van der Waals surface area contributed by atoms with Gasteiger partial charge in [-0.3, -0.25) is 4.79 Å². The Kier molecular flexibility index (Phi) is 2.56. The molecular formula is C12H12N2O2. The first-order valence-corrected chi connectivity index (χ1v) is 4.95. The second-order valence-electron chi connectivity index (χ2n) is 3.57. The van der Waals surface area contributed by atoms with Crippen LogP contribution in [0.4, 0.5) is 0 Å². The largest absolute Gasteiger partial charge is 0.497 e. The van der Waals surface area contributed by atoms with Crippen LogP contribution in [0.2, 0.25) is 0 Å². The molecule has 2 rings (SSSR count). The zero-order chi connectivity index (χ0) is 11.7. The number of hydrogen-bond acceptors (Lipinski definition) is 4. The molecule has 0 spiro atoms. The highest BCUT2D eigenvalue weighted by molar-refractivity contribution is 5.95. The van der Waals surface area contributed by atoms with E-state index in [1.807, 2.05) is 12.1 Å². The van der Waals surface area contributed by atoms with Crippen LogP contribution in [0.3, 0.4) is 0 Å². The van der Waals surface area contributed by atoms with E-state index in [2.05, 4.69) is 9.97 Å². The zero-order valence-corrected chi connectivity index (χ0v) is 9.44. The Bertz CT molecular complexity index is 564. The number of rotatable bonds is 2. The van der Waals surface area contributed by atoms with Crippen molar-refractivity contribution in [1.82, 2.24) is 9.97 Å². The van der Waals surface area contributed by atoms with Crippen molar-refractivity contribution in [2.45, 2.75) is 13.8 Å². The lowest BCUT2D eigenvalue weighted by atomic mass is 10.2. The molecule has 0 N–H and O–H groups in total. The van der Waals surface area contributed by atoms with Crippen molar-refractivity contribution in [3.8, 4) is 5.75 Å². The van der Waals surface area contributed by atoms with E-state index in [0.29, 0.717) is 22.7 Å². The summed E-state index contributed by atoms with van der Waals surface area (Å²) in [5.41, 5.74) is 2.52. The number of benzene rings is 1. The van der Waals surface area contributed by atoms with E-state index in [9.17, 15) is 4.79 Å². The molecule has 2 aromatic rings. The lowest BCUT2D eigenvalue weighted by Gasteiger charge is -2.05. The maximum Gasteiger partial charge on any atom is 0.179 e. The molecule has 0 radical (unpaired) electrons. The Labute approximate surface area is 93.3 Å². The van der Waals surface area contributed by atoms with Gasteiger partial charge in [0.1, 0.15) is 11.4 Å². The second-order valence-corrected chi connectivity index (χ2v) is 3.57. The summed E-state index contributed by atoms with van der Waals surface area (Å²) in [5.74, 6) is 0.634. The molecule has 0 saturated heterocycles. The number of aromatic nitrogens is 2. The van der Waals surface area contributed by atoms with Crippen LogP contribution < -0.4 is 4.74 Å². The molecule has 0 aliphatic carbocycles. The molecule has 16 heavy (non-hydrogen) atoms. The Morgan fingerprint density at radius 3 is 2.62 bits per heavy atom. The summed E-state index contributed by atoms with van der Waals surface area (Å²) in [6.07, 6.45) is 0. The van der Waals surface area contributed by atoms with Gasteiger partial charge < -0.3 is 4.74 Å². The lowest BCUT2D eigenvalue weighted by molar-refractivity contribution is 0.101. The molecule has 1 aromatic heterocycles. The van der Waals surface area contributed by atoms with Crippen LogP contribution in [0.25, 0.3) is 11.0 Å². The van der Waals surface area contributed by atoms with Crippen LogP contribution in [0, 0.1) is 6.92 Å². The summed E-state index contributed by atoms with van der Waals surface area (Å²) in [6, 6.07) is 5.43. The van der Waals surface area contributed by atoms with Crippen molar-refractivity contribution >= 4 is 16.8 Å². The molecular weight excluding hydrogens is 204 g/mol. The van der Waals surface area contributed by atoms with Gasteiger partial charge in [0.2, 0.25) is 0 Å². The molecule has 0 bridgehead atoms. The smallest absolute Gasteiger partial charge is 0.179 e. The van der Waals surface area contributed by atoms with Crippen LogP contribution in [0.5, 0.6) is 5.75 Å². The van der Waals surface area contributed by atoms with E-state index in [4.69, 9.17) is 4.74 Å². The third kappa shape index (κ3) is 1.74. The first kappa shape index (κ1) is 10.5. The third-order valence-corrected chi connectivity index (χ3v) is 2.38. The van der Waals surface area contributed by atoms with Crippen LogP contribution in [-0.2, 0) is 0 Å². The monoisotopic (exact) mass is 216 g/mol. The van der Waals surface area contributed by atoms with Crippen molar-refractivity contribution in [3.05, 3.63) is 29.6 Å². The average molecular weight is 216 g/mol. The van der Waals surface area contributed by atoms with Gasteiger partial charge in [-0.15, -0.1) is 0 Å². The fraction of sp³-hybridized carbons (Fsp3) is 0.250. The number of Topliss-reactive ketones (excluding diaryl/α,β-unsaturated/α-hetero) is 1. The van der Waals surface area contributed by atoms with Gasteiger partial charge in [0.25, 0.3) is 0 Å². The Balaban J connectivity index is 2.70.